The Balaban J connectivity index is 2.20. The Kier molecular flexibility index (Phi) is 3.84. The molecule has 2 rings (SSSR count). The second-order valence-corrected chi connectivity index (χ2v) is 4.92. The van der Waals surface area contributed by atoms with Crippen molar-refractivity contribution in [3.8, 4) is 5.75 Å². The van der Waals surface area contributed by atoms with Gasteiger partial charge in [0.1, 0.15) is 5.75 Å². The Morgan fingerprint density at radius 3 is 2.88 bits per heavy atom. The van der Waals surface area contributed by atoms with Gasteiger partial charge in [-0.1, -0.05) is 15.9 Å². The van der Waals surface area contributed by atoms with Crippen molar-refractivity contribution in [3.63, 3.8) is 0 Å². The second kappa shape index (κ2) is 5.17. The van der Waals surface area contributed by atoms with Gasteiger partial charge in [-0.2, -0.15) is 0 Å². The molecule has 0 saturated heterocycles. The summed E-state index contributed by atoms with van der Waals surface area (Å²) < 4.78 is 6.20. The summed E-state index contributed by atoms with van der Waals surface area (Å²) in [7, 11) is 1.65. The molecule has 0 aromatic heterocycles. The van der Waals surface area contributed by atoms with Gasteiger partial charge in [0.25, 0.3) is 0 Å². The zero-order valence-corrected chi connectivity index (χ0v) is 10.8. The number of nitrogens with one attached hydrogen (secondary N) is 1. The Labute approximate surface area is 104 Å². The summed E-state index contributed by atoms with van der Waals surface area (Å²) in [5, 5.41) is 12.8. The predicted molar refractivity (Wildman–Crippen MR) is 66.7 cm³/mol. The number of benzene rings is 1. The van der Waals surface area contributed by atoms with Gasteiger partial charge in [0.2, 0.25) is 0 Å². The van der Waals surface area contributed by atoms with Crippen LogP contribution in [-0.4, -0.2) is 24.9 Å². The number of aliphatic hydroxyl groups is 1. The molecule has 1 atom stereocenters. The highest BCUT2D eigenvalue weighted by atomic mass is 79.9. The molecule has 3 nitrogen and oxygen atoms in total. The maximum absolute atomic E-state index is 9.42. The molecule has 2 N–H and O–H groups in total. The molecular weight excluding hydrogens is 270 g/mol. The molecule has 16 heavy (non-hydrogen) atoms. The average Bonchev–Trinajstić information content (AvgIpc) is 3.11. The maximum Gasteiger partial charge on any atom is 0.119 e. The van der Waals surface area contributed by atoms with Crippen molar-refractivity contribution in [2.45, 2.75) is 24.9 Å². The highest BCUT2D eigenvalue weighted by molar-refractivity contribution is 9.10. The molecule has 1 unspecified atom stereocenters. The third-order valence-electron chi connectivity index (χ3n) is 2.78. The van der Waals surface area contributed by atoms with E-state index in [-0.39, 0.29) is 12.6 Å². The van der Waals surface area contributed by atoms with E-state index in [1.165, 1.54) is 12.8 Å². The predicted octanol–water partition coefficient (Wildman–Crippen LogP) is 2.24. The lowest BCUT2D eigenvalue weighted by molar-refractivity contribution is 0.242. The van der Waals surface area contributed by atoms with E-state index >= 15 is 0 Å². The first-order chi connectivity index (χ1) is 7.74. The number of hydrogen-bond acceptors (Lipinski definition) is 3. The summed E-state index contributed by atoms with van der Waals surface area (Å²) in [6, 6.07) is 6.36. The quantitative estimate of drug-likeness (QED) is 0.872. The van der Waals surface area contributed by atoms with E-state index in [4.69, 9.17) is 4.74 Å². The van der Waals surface area contributed by atoms with Crippen LogP contribution in [0.15, 0.2) is 22.7 Å². The van der Waals surface area contributed by atoms with Crippen LogP contribution in [0.25, 0.3) is 0 Å². The van der Waals surface area contributed by atoms with Gasteiger partial charge in [-0.15, -0.1) is 0 Å². The van der Waals surface area contributed by atoms with Crippen LogP contribution in [0, 0.1) is 0 Å². The molecule has 0 amide bonds. The molecule has 0 aliphatic heterocycles. The first-order valence-electron chi connectivity index (χ1n) is 5.45. The number of aliphatic hydroxyl groups excluding tert-OH is 1. The topological polar surface area (TPSA) is 41.5 Å². The van der Waals surface area contributed by atoms with Crippen LogP contribution < -0.4 is 10.1 Å². The van der Waals surface area contributed by atoms with Crippen molar-refractivity contribution < 1.29 is 9.84 Å². The molecule has 1 aromatic carbocycles. The minimum Gasteiger partial charge on any atom is -0.497 e. The van der Waals surface area contributed by atoms with Gasteiger partial charge in [0.15, 0.2) is 0 Å². The molecule has 1 aromatic rings. The largest absolute Gasteiger partial charge is 0.497 e. The third-order valence-corrected chi connectivity index (χ3v) is 3.50. The fraction of sp³-hybridized carbons (Fsp3) is 0.500. The molecule has 0 bridgehead atoms. The van der Waals surface area contributed by atoms with Crippen molar-refractivity contribution in [3.05, 3.63) is 28.2 Å². The normalized spacial score (nSPS) is 17.2. The van der Waals surface area contributed by atoms with Crippen molar-refractivity contribution in [2.24, 2.45) is 0 Å². The molecular formula is C12H16BrNO2. The van der Waals surface area contributed by atoms with Crippen LogP contribution >= 0.6 is 15.9 Å². The number of methoxy groups -OCH3 is 1. The fourth-order valence-electron chi connectivity index (χ4n) is 1.69. The average molecular weight is 286 g/mol. The molecule has 88 valence electrons. The highest BCUT2D eigenvalue weighted by Gasteiger charge is 2.26. The van der Waals surface area contributed by atoms with E-state index in [0.717, 1.165) is 15.8 Å². The molecule has 0 heterocycles. The minimum atomic E-state index is -0.0167. The zero-order chi connectivity index (χ0) is 11.5. The van der Waals surface area contributed by atoms with E-state index in [0.29, 0.717) is 6.04 Å². The standard InChI is InChI=1S/C12H16BrNO2/c1-16-9-4-5-11(13)10(6-9)12(7-15)14-8-2-3-8/h4-6,8,12,14-15H,2-3,7H2,1H3. The minimum absolute atomic E-state index is 0.0167. The van der Waals surface area contributed by atoms with Gasteiger partial charge < -0.3 is 15.2 Å². The zero-order valence-electron chi connectivity index (χ0n) is 9.24. The highest BCUT2D eigenvalue weighted by Crippen LogP contribution is 2.30. The second-order valence-electron chi connectivity index (χ2n) is 4.06. The molecule has 1 fully saturated rings. The third kappa shape index (κ3) is 2.75. The lowest BCUT2D eigenvalue weighted by Gasteiger charge is -2.18. The fourth-order valence-corrected chi connectivity index (χ4v) is 2.21. The smallest absolute Gasteiger partial charge is 0.119 e. The van der Waals surface area contributed by atoms with Crippen LogP contribution in [0.3, 0.4) is 0 Å². The summed E-state index contributed by atoms with van der Waals surface area (Å²) in [4.78, 5) is 0. The maximum atomic E-state index is 9.42. The van der Waals surface area contributed by atoms with Crippen LogP contribution in [-0.2, 0) is 0 Å². The van der Waals surface area contributed by atoms with Crippen molar-refractivity contribution >= 4 is 15.9 Å². The molecule has 0 radical (unpaired) electrons. The van der Waals surface area contributed by atoms with Crippen molar-refractivity contribution in [1.82, 2.24) is 5.32 Å². The summed E-state index contributed by atoms with van der Waals surface area (Å²) in [6.07, 6.45) is 2.41. The van der Waals surface area contributed by atoms with Crippen molar-refractivity contribution in [1.29, 1.82) is 0 Å². The number of ether oxygens (including phenoxy) is 1. The summed E-state index contributed by atoms with van der Waals surface area (Å²) in [5.74, 6) is 0.814. The number of hydrogen-bond donors (Lipinski definition) is 2. The first kappa shape index (κ1) is 11.9. The van der Waals surface area contributed by atoms with E-state index in [1.54, 1.807) is 7.11 Å². The Hall–Kier alpha value is -0.580. The molecule has 1 aliphatic rings. The van der Waals surface area contributed by atoms with Gasteiger partial charge in [0, 0.05) is 10.5 Å². The van der Waals surface area contributed by atoms with Crippen LogP contribution in [0.5, 0.6) is 5.75 Å². The molecule has 1 aliphatic carbocycles. The Morgan fingerprint density at radius 1 is 1.56 bits per heavy atom. The summed E-state index contributed by atoms with van der Waals surface area (Å²) >= 11 is 3.50. The van der Waals surface area contributed by atoms with Gasteiger partial charge in [0.05, 0.1) is 19.8 Å². The van der Waals surface area contributed by atoms with Crippen LogP contribution in [0.4, 0.5) is 0 Å². The van der Waals surface area contributed by atoms with Gasteiger partial charge in [-0.05, 0) is 36.6 Å². The Morgan fingerprint density at radius 2 is 2.31 bits per heavy atom. The molecule has 4 heteroatoms. The first-order valence-corrected chi connectivity index (χ1v) is 6.24. The summed E-state index contributed by atoms with van der Waals surface area (Å²) in [6.45, 7) is 0.0995. The molecule has 1 saturated carbocycles. The van der Waals surface area contributed by atoms with Crippen LogP contribution in [0.2, 0.25) is 0 Å². The van der Waals surface area contributed by atoms with Gasteiger partial charge >= 0.3 is 0 Å². The monoisotopic (exact) mass is 285 g/mol. The van der Waals surface area contributed by atoms with E-state index < -0.39 is 0 Å². The van der Waals surface area contributed by atoms with E-state index in [9.17, 15) is 5.11 Å². The Bertz CT molecular complexity index is 366. The molecule has 0 spiro atoms. The SMILES string of the molecule is COc1ccc(Br)c(C(CO)NC2CC2)c1. The lowest BCUT2D eigenvalue weighted by Crippen LogP contribution is -2.26. The number of rotatable bonds is 5. The lowest BCUT2D eigenvalue weighted by atomic mass is 10.1. The number of halogens is 1. The van der Waals surface area contributed by atoms with Crippen LogP contribution in [0.1, 0.15) is 24.4 Å². The summed E-state index contributed by atoms with van der Waals surface area (Å²) in [5.41, 5.74) is 1.05. The van der Waals surface area contributed by atoms with Crippen molar-refractivity contribution in [2.75, 3.05) is 13.7 Å². The van der Waals surface area contributed by atoms with Gasteiger partial charge in [-0.25, -0.2) is 0 Å². The van der Waals surface area contributed by atoms with Gasteiger partial charge in [-0.3, -0.25) is 0 Å². The van der Waals surface area contributed by atoms with E-state index in [1.807, 2.05) is 18.2 Å². The van der Waals surface area contributed by atoms with E-state index in [2.05, 4.69) is 21.2 Å².